The predicted molar refractivity (Wildman–Crippen MR) is 86.7 cm³/mol. The Morgan fingerprint density at radius 1 is 1.21 bits per heavy atom. The highest BCUT2D eigenvalue weighted by molar-refractivity contribution is 6.00. The zero-order valence-electron chi connectivity index (χ0n) is 13.9. The number of Topliss-reactive ketones (excluding diaryl/α,β-unsaturated/α-hetero) is 1. The Hall–Kier alpha value is -2.76. The van der Waals surface area contributed by atoms with Crippen LogP contribution in [0.2, 0.25) is 0 Å². The fourth-order valence-corrected chi connectivity index (χ4v) is 2.34. The van der Waals surface area contributed by atoms with Crippen molar-refractivity contribution in [3.05, 3.63) is 46.9 Å². The lowest BCUT2D eigenvalue weighted by Gasteiger charge is -2.10. The molecule has 0 saturated carbocycles. The molecule has 0 aliphatic carbocycles. The van der Waals surface area contributed by atoms with Crippen molar-refractivity contribution in [1.82, 2.24) is 0 Å². The summed E-state index contributed by atoms with van der Waals surface area (Å²) in [6.45, 7) is 3.87. The van der Waals surface area contributed by atoms with Gasteiger partial charge in [0.25, 0.3) is 0 Å². The van der Waals surface area contributed by atoms with E-state index >= 15 is 0 Å². The van der Waals surface area contributed by atoms with E-state index in [0.29, 0.717) is 17.9 Å². The van der Waals surface area contributed by atoms with Crippen molar-refractivity contribution in [1.29, 1.82) is 0 Å². The molecule has 6 nitrogen and oxygen atoms in total. The smallest absolute Gasteiger partial charge is 0.374 e. The van der Waals surface area contributed by atoms with Crippen LogP contribution < -0.4 is 4.74 Å². The number of carbonyl (C=O) groups is 2. The van der Waals surface area contributed by atoms with Gasteiger partial charge in [0.15, 0.2) is 5.78 Å². The minimum Gasteiger partial charge on any atom is -0.507 e. The van der Waals surface area contributed by atoms with E-state index in [1.54, 1.807) is 19.1 Å². The van der Waals surface area contributed by atoms with Crippen LogP contribution in [0.15, 0.2) is 28.7 Å². The summed E-state index contributed by atoms with van der Waals surface area (Å²) in [5.74, 6) is -0.115. The van der Waals surface area contributed by atoms with Crippen LogP contribution in [0, 0.1) is 0 Å². The number of rotatable bonds is 7. The van der Waals surface area contributed by atoms with Crippen LogP contribution >= 0.6 is 0 Å². The molecular formula is C18H20O6. The number of esters is 1. The van der Waals surface area contributed by atoms with Crippen LogP contribution in [-0.4, -0.2) is 30.6 Å². The van der Waals surface area contributed by atoms with Gasteiger partial charge in [0.2, 0.25) is 5.76 Å². The first-order chi connectivity index (χ1) is 11.5. The van der Waals surface area contributed by atoms with Crippen molar-refractivity contribution in [2.24, 2.45) is 0 Å². The van der Waals surface area contributed by atoms with Gasteiger partial charge in [0.05, 0.1) is 25.7 Å². The van der Waals surface area contributed by atoms with Crippen LogP contribution in [-0.2, 0) is 17.6 Å². The summed E-state index contributed by atoms with van der Waals surface area (Å²) >= 11 is 0. The van der Waals surface area contributed by atoms with Gasteiger partial charge in [-0.15, -0.1) is 0 Å². The van der Waals surface area contributed by atoms with E-state index in [0.717, 1.165) is 5.56 Å². The average molecular weight is 332 g/mol. The molecule has 0 atom stereocenters. The lowest BCUT2D eigenvalue weighted by Crippen LogP contribution is -2.05. The molecule has 1 aromatic carbocycles. The average Bonchev–Trinajstić information content (AvgIpc) is 3.03. The molecule has 0 amide bonds. The van der Waals surface area contributed by atoms with Gasteiger partial charge in [0, 0.05) is 6.07 Å². The second-order valence-electron chi connectivity index (χ2n) is 5.12. The minimum atomic E-state index is -0.572. The molecule has 0 bridgehead atoms. The number of phenolic OH excluding ortho intramolecular Hbond substituents is 1. The fraction of sp³-hybridized carbons (Fsp3) is 0.333. The fourth-order valence-electron chi connectivity index (χ4n) is 2.34. The molecule has 0 fully saturated rings. The number of ether oxygens (including phenoxy) is 2. The summed E-state index contributed by atoms with van der Waals surface area (Å²) in [6.07, 6.45) is 0.597. The third kappa shape index (κ3) is 3.76. The molecule has 1 heterocycles. The number of aromatic hydroxyl groups is 1. The van der Waals surface area contributed by atoms with Crippen molar-refractivity contribution in [2.75, 3.05) is 13.7 Å². The largest absolute Gasteiger partial charge is 0.507 e. The maximum atomic E-state index is 12.4. The number of carbonyl (C=O) groups excluding carboxylic acids is 2. The highest BCUT2D eigenvalue weighted by Crippen LogP contribution is 2.29. The van der Waals surface area contributed by atoms with E-state index in [1.165, 1.54) is 19.2 Å². The molecule has 0 unspecified atom stereocenters. The number of phenols is 1. The van der Waals surface area contributed by atoms with Crippen molar-refractivity contribution in [3.8, 4) is 11.5 Å². The zero-order valence-corrected chi connectivity index (χ0v) is 13.9. The second kappa shape index (κ2) is 7.68. The van der Waals surface area contributed by atoms with Crippen LogP contribution in [0.4, 0.5) is 0 Å². The molecule has 0 aliphatic rings. The number of hydrogen-bond acceptors (Lipinski definition) is 6. The Labute approximate surface area is 140 Å². The zero-order chi connectivity index (χ0) is 17.7. The molecule has 0 radical (unpaired) electrons. The highest BCUT2D eigenvalue weighted by Gasteiger charge is 2.19. The van der Waals surface area contributed by atoms with Gasteiger partial charge in [-0.05, 0) is 37.1 Å². The number of furan rings is 1. The highest BCUT2D eigenvalue weighted by atomic mass is 16.5. The molecule has 24 heavy (non-hydrogen) atoms. The van der Waals surface area contributed by atoms with Gasteiger partial charge in [-0.3, -0.25) is 4.79 Å². The molecule has 128 valence electrons. The summed E-state index contributed by atoms with van der Waals surface area (Å²) in [7, 11) is 1.51. The van der Waals surface area contributed by atoms with Crippen molar-refractivity contribution >= 4 is 11.8 Å². The molecule has 1 N–H and O–H groups in total. The van der Waals surface area contributed by atoms with E-state index in [2.05, 4.69) is 0 Å². The second-order valence-corrected chi connectivity index (χ2v) is 5.12. The third-order valence-corrected chi connectivity index (χ3v) is 3.55. The van der Waals surface area contributed by atoms with E-state index in [1.807, 2.05) is 6.92 Å². The lowest BCUT2D eigenvalue weighted by atomic mass is 10.0. The van der Waals surface area contributed by atoms with Gasteiger partial charge in [-0.25, -0.2) is 4.79 Å². The molecule has 6 heteroatoms. The summed E-state index contributed by atoms with van der Waals surface area (Å²) in [5.41, 5.74) is 1.02. The summed E-state index contributed by atoms with van der Waals surface area (Å²) in [5, 5.41) is 10.0. The predicted octanol–water partition coefficient (Wildman–Crippen LogP) is 3.16. The van der Waals surface area contributed by atoms with Crippen LogP contribution in [0.25, 0.3) is 0 Å². The molecular weight excluding hydrogens is 312 g/mol. The van der Waals surface area contributed by atoms with Gasteiger partial charge in [-0.1, -0.05) is 6.92 Å². The van der Waals surface area contributed by atoms with Gasteiger partial charge >= 0.3 is 5.97 Å². The molecule has 1 aromatic heterocycles. The molecule has 0 spiro atoms. The van der Waals surface area contributed by atoms with Crippen molar-refractivity contribution in [2.45, 2.75) is 26.7 Å². The van der Waals surface area contributed by atoms with Crippen LogP contribution in [0.1, 0.15) is 46.1 Å². The lowest BCUT2D eigenvalue weighted by molar-refractivity contribution is 0.0487. The van der Waals surface area contributed by atoms with Crippen molar-refractivity contribution < 1.29 is 28.6 Å². The molecule has 2 rings (SSSR count). The monoisotopic (exact) mass is 332 g/mol. The topological polar surface area (TPSA) is 86.0 Å². The SMILES string of the molecule is CCOC(=O)c1ccc(CC(=O)c2cc(CC)c(OC)cc2O)o1. The number of aryl methyl sites for hydroxylation is 1. The first kappa shape index (κ1) is 17.6. The van der Waals surface area contributed by atoms with Crippen molar-refractivity contribution in [3.63, 3.8) is 0 Å². The summed E-state index contributed by atoms with van der Waals surface area (Å²) < 4.78 is 15.3. The number of benzene rings is 1. The Balaban J connectivity index is 2.20. The summed E-state index contributed by atoms with van der Waals surface area (Å²) in [4.78, 5) is 24.0. The van der Waals surface area contributed by atoms with E-state index < -0.39 is 5.97 Å². The maximum absolute atomic E-state index is 12.4. The first-order valence-electron chi connectivity index (χ1n) is 7.69. The third-order valence-electron chi connectivity index (χ3n) is 3.55. The van der Waals surface area contributed by atoms with E-state index in [4.69, 9.17) is 13.9 Å². The molecule has 0 saturated heterocycles. The van der Waals surface area contributed by atoms with Crippen LogP contribution in [0.3, 0.4) is 0 Å². The normalized spacial score (nSPS) is 10.5. The van der Waals surface area contributed by atoms with Crippen LogP contribution in [0.5, 0.6) is 11.5 Å². The van der Waals surface area contributed by atoms with Gasteiger partial charge in [-0.2, -0.15) is 0 Å². The van der Waals surface area contributed by atoms with Gasteiger partial charge in [0.1, 0.15) is 17.3 Å². The number of methoxy groups -OCH3 is 1. The van der Waals surface area contributed by atoms with E-state index in [-0.39, 0.29) is 35.9 Å². The van der Waals surface area contributed by atoms with Gasteiger partial charge < -0.3 is 19.0 Å². The maximum Gasteiger partial charge on any atom is 0.374 e. The standard InChI is InChI=1S/C18H20O6/c1-4-11-8-13(15(20)10-17(11)22-3)14(19)9-12-6-7-16(24-12)18(21)23-5-2/h6-8,10,20H,4-5,9H2,1-3H3. The molecule has 2 aromatic rings. The molecule has 0 aliphatic heterocycles. The Kier molecular flexibility index (Phi) is 5.63. The quantitative estimate of drug-likeness (QED) is 0.619. The summed E-state index contributed by atoms with van der Waals surface area (Å²) in [6, 6.07) is 6.06. The first-order valence-corrected chi connectivity index (χ1v) is 7.69. The minimum absolute atomic E-state index is 0.0489. The number of hydrogen-bond donors (Lipinski definition) is 1. The Bertz CT molecular complexity index is 744. The Morgan fingerprint density at radius 3 is 2.58 bits per heavy atom. The Morgan fingerprint density at radius 2 is 1.96 bits per heavy atom. The van der Waals surface area contributed by atoms with E-state index in [9.17, 15) is 14.7 Å². The number of ketones is 1.